The number of amides is 1. The van der Waals surface area contributed by atoms with Gasteiger partial charge in [-0.05, 0) is 42.4 Å². The van der Waals surface area contributed by atoms with E-state index in [9.17, 15) is 4.79 Å². The minimum atomic E-state index is -0.0124. The molecule has 4 nitrogen and oxygen atoms in total. The van der Waals surface area contributed by atoms with Crippen LogP contribution in [-0.2, 0) is 0 Å². The van der Waals surface area contributed by atoms with Gasteiger partial charge in [0, 0.05) is 12.2 Å². The number of nitrogens with zero attached hydrogens (tertiary/aromatic N) is 1. The predicted octanol–water partition coefficient (Wildman–Crippen LogP) is 3.77. The third-order valence-corrected chi connectivity index (χ3v) is 5.57. The van der Waals surface area contributed by atoms with Crippen LogP contribution < -0.4 is 5.32 Å². The highest BCUT2D eigenvalue weighted by Crippen LogP contribution is 2.54. The molecule has 0 unspecified atom stereocenters. The Kier molecular flexibility index (Phi) is 4.45. The zero-order chi connectivity index (χ0) is 15.7. The minimum Gasteiger partial charge on any atom is -0.349 e. The maximum absolute atomic E-state index is 12.1. The lowest BCUT2D eigenvalue weighted by Crippen LogP contribution is -2.47. The van der Waals surface area contributed by atoms with E-state index < -0.39 is 0 Å². The van der Waals surface area contributed by atoms with Crippen molar-refractivity contribution in [3.63, 3.8) is 0 Å². The number of H-pyrrole nitrogens is 1. The fourth-order valence-corrected chi connectivity index (χ4v) is 4.11. The van der Waals surface area contributed by atoms with Gasteiger partial charge in [0.2, 0.25) is 0 Å². The molecule has 118 valence electrons. The fraction of sp³-hybridized carbons (Fsp3) is 0.765. The average molecular weight is 291 g/mol. The summed E-state index contributed by atoms with van der Waals surface area (Å²) in [6, 6.07) is 0.293. The topological polar surface area (TPSA) is 57.8 Å². The van der Waals surface area contributed by atoms with Gasteiger partial charge in [-0.2, -0.15) is 5.10 Å². The molecule has 0 radical (unpaired) electrons. The summed E-state index contributed by atoms with van der Waals surface area (Å²) in [6.07, 6.45) is 7.73. The van der Waals surface area contributed by atoms with Gasteiger partial charge in [-0.15, -0.1) is 0 Å². The molecule has 0 aromatic carbocycles. The van der Waals surface area contributed by atoms with Crippen LogP contribution >= 0.6 is 0 Å². The van der Waals surface area contributed by atoms with Gasteiger partial charge in [0.1, 0.15) is 0 Å². The Labute approximate surface area is 128 Å². The van der Waals surface area contributed by atoms with Crippen LogP contribution in [0.25, 0.3) is 0 Å². The Morgan fingerprint density at radius 2 is 2.00 bits per heavy atom. The second kappa shape index (κ2) is 5.82. The van der Waals surface area contributed by atoms with Crippen LogP contribution in [0.2, 0.25) is 0 Å². The maximum Gasteiger partial charge on any atom is 0.254 e. The van der Waals surface area contributed by atoms with Crippen LogP contribution in [0.5, 0.6) is 0 Å². The monoisotopic (exact) mass is 291 g/mol. The molecule has 2 N–H and O–H groups in total. The highest BCUT2D eigenvalue weighted by atomic mass is 16.1. The summed E-state index contributed by atoms with van der Waals surface area (Å²) in [5.74, 6) is 0.657. The fourth-order valence-electron chi connectivity index (χ4n) is 4.11. The standard InChI is InChI=1S/C17H29N3O/c1-12(2)17(16(3,4)5)8-6-14(7-9-17)20-15(21)13-10-18-19-11-13/h10-12,14H,6-9H2,1-5H3,(H,18,19)(H,20,21). The molecule has 1 aliphatic rings. The molecular weight excluding hydrogens is 262 g/mol. The van der Waals surface area contributed by atoms with E-state index in [4.69, 9.17) is 0 Å². The molecule has 0 aliphatic heterocycles. The summed E-state index contributed by atoms with van der Waals surface area (Å²) >= 11 is 0. The Bertz CT molecular complexity index is 463. The smallest absolute Gasteiger partial charge is 0.254 e. The molecule has 1 heterocycles. The van der Waals surface area contributed by atoms with E-state index in [1.807, 2.05) is 0 Å². The molecule has 2 rings (SSSR count). The van der Waals surface area contributed by atoms with Crippen LogP contribution in [0.1, 0.15) is 70.7 Å². The first kappa shape index (κ1) is 16.1. The van der Waals surface area contributed by atoms with E-state index in [0.29, 0.717) is 28.4 Å². The van der Waals surface area contributed by atoms with Gasteiger partial charge in [-0.3, -0.25) is 9.89 Å². The van der Waals surface area contributed by atoms with Crippen LogP contribution in [0.15, 0.2) is 12.4 Å². The minimum absolute atomic E-state index is 0.0124. The van der Waals surface area contributed by atoms with Gasteiger partial charge < -0.3 is 5.32 Å². The van der Waals surface area contributed by atoms with Crippen LogP contribution in [0.3, 0.4) is 0 Å². The Morgan fingerprint density at radius 1 is 1.38 bits per heavy atom. The van der Waals surface area contributed by atoms with E-state index in [2.05, 4.69) is 50.1 Å². The van der Waals surface area contributed by atoms with Gasteiger partial charge in [-0.1, -0.05) is 34.6 Å². The largest absolute Gasteiger partial charge is 0.349 e. The number of aromatic amines is 1. The molecular formula is C17H29N3O. The number of rotatable bonds is 3. The molecule has 0 saturated heterocycles. The number of hydrogen-bond acceptors (Lipinski definition) is 2. The third-order valence-electron chi connectivity index (χ3n) is 5.57. The number of carbonyl (C=O) groups excluding carboxylic acids is 1. The SMILES string of the molecule is CC(C)C1(C(C)(C)C)CCC(NC(=O)c2cn[nH]c2)CC1. The van der Waals surface area contributed by atoms with Gasteiger partial charge in [0.25, 0.3) is 5.91 Å². The summed E-state index contributed by atoms with van der Waals surface area (Å²) in [5.41, 5.74) is 1.30. The van der Waals surface area contributed by atoms with Gasteiger partial charge >= 0.3 is 0 Å². The second-order valence-electron chi connectivity index (χ2n) is 7.80. The number of aromatic nitrogens is 2. The lowest BCUT2D eigenvalue weighted by Gasteiger charge is -2.52. The molecule has 0 spiro atoms. The number of hydrogen-bond donors (Lipinski definition) is 2. The molecule has 0 atom stereocenters. The normalized spacial score (nSPS) is 26.9. The van der Waals surface area contributed by atoms with Crippen molar-refractivity contribution < 1.29 is 4.79 Å². The molecule has 1 saturated carbocycles. The molecule has 1 aliphatic carbocycles. The highest BCUT2D eigenvalue weighted by Gasteiger charge is 2.46. The van der Waals surface area contributed by atoms with Crippen molar-refractivity contribution in [2.45, 2.75) is 66.3 Å². The van der Waals surface area contributed by atoms with Crippen LogP contribution in [0, 0.1) is 16.7 Å². The van der Waals surface area contributed by atoms with Crippen molar-refractivity contribution >= 4 is 5.91 Å². The van der Waals surface area contributed by atoms with E-state index in [0.717, 1.165) is 12.8 Å². The second-order valence-corrected chi connectivity index (χ2v) is 7.80. The molecule has 1 amide bonds. The number of nitrogens with one attached hydrogen (secondary N) is 2. The molecule has 21 heavy (non-hydrogen) atoms. The van der Waals surface area contributed by atoms with Crippen molar-refractivity contribution in [3.8, 4) is 0 Å². The summed E-state index contributed by atoms with van der Waals surface area (Å²) in [6.45, 7) is 11.8. The van der Waals surface area contributed by atoms with Crippen molar-refractivity contribution in [2.75, 3.05) is 0 Å². The van der Waals surface area contributed by atoms with Gasteiger partial charge in [0.05, 0.1) is 11.8 Å². The van der Waals surface area contributed by atoms with Gasteiger partial charge in [-0.25, -0.2) is 0 Å². The first-order valence-corrected chi connectivity index (χ1v) is 8.06. The maximum atomic E-state index is 12.1. The lowest BCUT2D eigenvalue weighted by molar-refractivity contribution is -0.0158. The summed E-state index contributed by atoms with van der Waals surface area (Å²) in [7, 11) is 0. The zero-order valence-electron chi connectivity index (χ0n) is 14.0. The predicted molar refractivity (Wildman–Crippen MR) is 85.0 cm³/mol. The molecule has 1 aromatic rings. The third kappa shape index (κ3) is 3.14. The van der Waals surface area contributed by atoms with E-state index in [1.54, 1.807) is 12.4 Å². The molecule has 0 bridgehead atoms. The first-order valence-electron chi connectivity index (χ1n) is 8.06. The highest BCUT2D eigenvalue weighted by molar-refractivity contribution is 5.93. The lowest BCUT2D eigenvalue weighted by atomic mass is 9.54. The Hall–Kier alpha value is -1.32. The van der Waals surface area contributed by atoms with Crippen molar-refractivity contribution in [2.24, 2.45) is 16.7 Å². The molecule has 1 aromatic heterocycles. The Balaban J connectivity index is 1.98. The van der Waals surface area contributed by atoms with E-state index in [-0.39, 0.29) is 5.91 Å². The van der Waals surface area contributed by atoms with Crippen LogP contribution in [0.4, 0.5) is 0 Å². The summed E-state index contributed by atoms with van der Waals surface area (Å²) in [4.78, 5) is 12.1. The summed E-state index contributed by atoms with van der Waals surface area (Å²) in [5, 5.41) is 9.66. The van der Waals surface area contributed by atoms with Crippen LogP contribution in [-0.4, -0.2) is 22.1 Å². The number of carbonyl (C=O) groups is 1. The van der Waals surface area contributed by atoms with E-state index >= 15 is 0 Å². The van der Waals surface area contributed by atoms with Gasteiger partial charge in [0.15, 0.2) is 0 Å². The average Bonchev–Trinajstić information content (AvgIpc) is 2.91. The Morgan fingerprint density at radius 3 is 2.43 bits per heavy atom. The van der Waals surface area contributed by atoms with Crippen molar-refractivity contribution in [3.05, 3.63) is 18.0 Å². The van der Waals surface area contributed by atoms with Crippen molar-refractivity contribution in [1.82, 2.24) is 15.5 Å². The first-order chi connectivity index (χ1) is 9.76. The molecule has 4 heteroatoms. The quantitative estimate of drug-likeness (QED) is 0.890. The molecule has 1 fully saturated rings. The zero-order valence-corrected chi connectivity index (χ0v) is 14.0. The summed E-state index contributed by atoms with van der Waals surface area (Å²) < 4.78 is 0. The van der Waals surface area contributed by atoms with E-state index in [1.165, 1.54) is 12.8 Å². The van der Waals surface area contributed by atoms with Crippen molar-refractivity contribution in [1.29, 1.82) is 0 Å².